The van der Waals surface area contributed by atoms with E-state index < -0.39 is 0 Å². The van der Waals surface area contributed by atoms with Crippen LogP contribution in [0.2, 0.25) is 5.15 Å². The summed E-state index contributed by atoms with van der Waals surface area (Å²) >= 11 is 6.19. The molecule has 1 aromatic rings. The minimum atomic E-state index is 0.565. The maximum atomic E-state index is 6.19. The number of anilines is 1. The summed E-state index contributed by atoms with van der Waals surface area (Å²) in [5, 5.41) is 3.99. The molecule has 1 aromatic heterocycles. The first-order valence-electron chi connectivity index (χ1n) is 7.78. The van der Waals surface area contributed by atoms with Crippen molar-refractivity contribution in [1.82, 2.24) is 19.8 Å². The lowest BCUT2D eigenvalue weighted by Crippen LogP contribution is -2.45. The minimum Gasteiger partial charge on any atom is -0.368 e. The van der Waals surface area contributed by atoms with Gasteiger partial charge in [0.2, 0.25) is 0 Å². The molecule has 1 aliphatic heterocycles. The van der Waals surface area contributed by atoms with E-state index in [9.17, 15) is 0 Å². The predicted molar refractivity (Wildman–Crippen MR) is 88.2 cm³/mol. The number of nitrogens with one attached hydrogen (secondary N) is 1. The Hall–Kier alpha value is -0.910. The largest absolute Gasteiger partial charge is 0.368 e. The second kappa shape index (κ2) is 7.92. The van der Waals surface area contributed by atoms with E-state index >= 15 is 0 Å². The third kappa shape index (κ3) is 4.80. The molecule has 0 amide bonds. The number of nitrogens with zero attached hydrogens (tertiary/aromatic N) is 4. The van der Waals surface area contributed by atoms with Crippen molar-refractivity contribution < 1.29 is 0 Å². The summed E-state index contributed by atoms with van der Waals surface area (Å²) in [6, 6.07) is 0. The number of halogens is 1. The molecule has 1 fully saturated rings. The zero-order chi connectivity index (χ0) is 15.2. The second-order valence-electron chi connectivity index (χ2n) is 5.73. The maximum Gasteiger partial charge on any atom is 0.137 e. The van der Waals surface area contributed by atoms with Crippen LogP contribution in [-0.2, 0) is 6.42 Å². The molecule has 0 aliphatic carbocycles. The Bertz CT molecular complexity index is 458. The molecule has 2 heterocycles. The quantitative estimate of drug-likeness (QED) is 0.815. The fourth-order valence-corrected chi connectivity index (χ4v) is 2.63. The molecule has 0 saturated carbocycles. The fourth-order valence-electron chi connectivity index (χ4n) is 2.44. The SMILES string of the molecule is CCCc1nc(Cl)c(C)c(NCCN2CCN(C)CC2)n1. The molecule has 5 nitrogen and oxygen atoms in total. The topological polar surface area (TPSA) is 44.3 Å². The first kappa shape index (κ1) is 16.5. The Morgan fingerprint density at radius 3 is 2.57 bits per heavy atom. The van der Waals surface area contributed by atoms with Crippen LogP contribution < -0.4 is 5.32 Å². The van der Waals surface area contributed by atoms with E-state index in [1.165, 1.54) is 0 Å². The molecule has 21 heavy (non-hydrogen) atoms. The van der Waals surface area contributed by atoms with Crippen LogP contribution in [0.25, 0.3) is 0 Å². The number of hydrogen-bond acceptors (Lipinski definition) is 5. The molecule has 6 heteroatoms. The van der Waals surface area contributed by atoms with Crippen molar-refractivity contribution in [2.24, 2.45) is 0 Å². The molecule has 0 unspecified atom stereocenters. The number of hydrogen-bond donors (Lipinski definition) is 1. The average molecular weight is 312 g/mol. The molecule has 1 N–H and O–H groups in total. The summed E-state index contributed by atoms with van der Waals surface area (Å²) < 4.78 is 0. The highest BCUT2D eigenvalue weighted by Gasteiger charge is 2.14. The van der Waals surface area contributed by atoms with Gasteiger partial charge in [-0.1, -0.05) is 18.5 Å². The van der Waals surface area contributed by atoms with Gasteiger partial charge >= 0.3 is 0 Å². The normalized spacial score (nSPS) is 17.1. The molecule has 2 rings (SSSR count). The van der Waals surface area contributed by atoms with E-state index in [2.05, 4.69) is 39.1 Å². The van der Waals surface area contributed by atoms with Crippen LogP contribution in [0, 0.1) is 6.92 Å². The molecular weight excluding hydrogens is 286 g/mol. The third-order valence-corrected chi connectivity index (χ3v) is 4.29. The first-order chi connectivity index (χ1) is 10.1. The Labute approximate surface area is 132 Å². The van der Waals surface area contributed by atoms with Crippen molar-refractivity contribution in [1.29, 1.82) is 0 Å². The van der Waals surface area contributed by atoms with Crippen LogP contribution in [0.4, 0.5) is 5.82 Å². The average Bonchev–Trinajstić information content (AvgIpc) is 2.46. The van der Waals surface area contributed by atoms with Crippen LogP contribution >= 0.6 is 11.6 Å². The summed E-state index contributed by atoms with van der Waals surface area (Å²) in [4.78, 5) is 13.8. The predicted octanol–water partition coefficient (Wildman–Crippen LogP) is 2.05. The number of aromatic nitrogens is 2. The zero-order valence-corrected chi connectivity index (χ0v) is 14.1. The second-order valence-corrected chi connectivity index (χ2v) is 6.08. The van der Waals surface area contributed by atoms with Gasteiger partial charge in [0.25, 0.3) is 0 Å². The van der Waals surface area contributed by atoms with E-state index in [0.717, 1.165) is 69.3 Å². The summed E-state index contributed by atoms with van der Waals surface area (Å²) in [6.45, 7) is 10.6. The molecular formula is C15H26ClN5. The maximum absolute atomic E-state index is 6.19. The Morgan fingerprint density at radius 2 is 1.90 bits per heavy atom. The highest BCUT2D eigenvalue weighted by atomic mass is 35.5. The van der Waals surface area contributed by atoms with E-state index in [1.54, 1.807) is 0 Å². The van der Waals surface area contributed by atoms with E-state index in [1.807, 2.05) is 6.92 Å². The number of likely N-dealkylation sites (N-methyl/N-ethyl adjacent to an activating group) is 1. The smallest absolute Gasteiger partial charge is 0.137 e. The molecule has 0 bridgehead atoms. The third-order valence-electron chi connectivity index (χ3n) is 3.92. The molecule has 0 radical (unpaired) electrons. The Balaban J connectivity index is 1.87. The lowest BCUT2D eigenvalue weighted by molar-refractivity contribution is 0.158. The van der Waals surface area contributed by atoms with Gasteiger partial charge in [0.15, 0.2) is 0 Å². The van der Waals surface area contributed by atoms with Gasteiger partial charge in [-0.3, -0.25) is 4.90 Å². The lowest BCUT2D eigenvalue weighted by atomic mass is 10.3. The number of aryl methyl sites for hydroxylation is 1. The molecule has 0 aromatic carbocycles. The molecule has 0 atom stereocenters. The van der Waals surface area contributed by atoms with Crippen molar-refractivity contribution in [2.45, 2.75) is 26.7 Å². The van der Waals surface area contributed by atoms with Crippen LogP contribution in [0.1, 0.15) is 24.7 Å². The number of rotatable bonds is 6. The summed E-state index contributed by atoms with van der Waals surface area (Å²) in [7, 11) is 2.18. The minimum absolute atomic E-state index is 0.565. The standard InChI is InChI=1S/C15H26ClN5/c1-4-5-13-18-14(16)12(2)15(19-13)17-6-7-21-10-8-20(3)9-11-21/h4-11H2,1-3H3,(H,17,18,19). The van der Waals surface area contributed by atoms with E-state index in [4.69, 9.17) is 11.6 Å². The molecule has 0 spiro atoms. The van der Waals surface area contributed by atoms with Gasteiger partial charge in [0.05, 0.1) is 0 Å². The Morgan fingerprint density at radius 1 is 1.19 bits per heavy atom. The van der Waals surface area contributed by atoms with Gasteiger partial charge < -0.3 is 10.2 Å². The van der Waals surface area contributed by atoms with Crippen molar-refractivity contribution in [3.8, 4) is 0 Å². The summed E-state index contributed by atoms with van der Waals surface area (Å²) in [5.74, 6) is 1.71. The molecule has 118 valence electrons. The van der Waals surface area contributed by atoms with Gasteiger partial charge in [-0.25, -0.2) is 9.97 Å². The van der Waals surface area contributed by atoms with Gasteiger partial charge in [-0.15, -0.1) is 0 Å². The van der Waals surface area contributed by atoms with Crippen LogP contribution in [-0.4, -0.2) is 66.1 Å². The van der Waals surface area contributed by atoms with Gasteiger partial charge in [0, 0.05) is 51.3 Å². The lowest BCUT2D eigenvalue weighted by Gasteiger charge is -2.32. The van der Waals surface area contributed by atoms with Crippen molar-refractivity contribution in [3.05, 3.63) is 16.5 Å². The fraction of sp³-hybridized carbons (Fsp3) is 0.733. The van der Waals surface area contributed by atoms with Crippen LogP contribution in [0.5, 0.6) is 0 Å². The van der Waals surface area contributed by atoms with E-state index in [-0.39, 0.29) is 0 Å². The van der Waals surface area contributed by atoms with E-state index in [0.29, 0.717) is 5.15 Å². The Kier molecular flexibility index (Phi) is 6.21. The van der Waals surface area contributed by atoms with Crippen molar-refractivity contribution in [3.63, 3.8) is 0 Å². The number of piperazine rings is 1. The van der Waals surface area contributed by atoms with Gasteiger partial charge in [0.1, 0.15) is 16.8 Å². The zero-order valence-electron chi connectivity index (χ0n) is 13.3. The highest BCUT2D eigenvalue weighted by Crippen LogP contribution is 2.20. The van der Waals surface area contributed by atoms with Crippen molar-refractivity contribution >= 4 is 17.4 Å². The van der Waals surface area contributed by atoms with Gasteiger partial charge in [-0.05, 0) is 20.4 Å². The first-order valence-corrected chi connectivity index (χ1v) is 8.15. The van der Waals surface area contributed by atoms with Gasteiger partial charge in [-0.2, -0.15) is 0 Å². The van der Waals surface area contributed by atoms with Crippen LogP contribution in [0.15, 0.2) is 0 Å². The van der Waals surface area contributed by atoms with Crippen LogP contribution in [0.3, 0.4) is 0 Å². The summed E-state index contributed by atoms with van der Waals surface area (Å²) in [6.07, 6.45) is 1.90. The highest BCUT2D eigenvalue weighted by molar-refractivity contribution is 6.30. The van der Waals surface area contributed by atoms with Crippen molar-refractivity contribution in [2.75, 3.05) is 51.6 Å². The summed E-state index contributed by atoms with van der Waals surface area (Å²) in [5.41, 5.74) is 0.940. The monoisotopic (exact) mass is 311 g/mol. The molecule has 1 saturated heterocycles. The molecule has 1 aliphatic rings.